The van der Waals surface area contributed by atoms with Crippen LogP contribution in [0.4, 0.5) is 0 Å². The van der Waals surface area contributed by atoms with E-state index in [1.165, 1.54) is 5.56 Å². The minimum Gasteiger partial charge on any atom is -0.497 e. The number of rotatable bonds is 5. The van der Waals surface area contributed by atoms with Crippen LogP contribution >= 0.6 is 0 Å². The maximum atomic E-state index is 12.6. The summed E-state index contributed by atoms with van der Waals surface area (Å²) in [6.07, 6.45) is 4.91. The van der Waals surface area contributed by atoms with Crippen LogP contribution in [0.15, 0.2) is 24.3 Å². The van der Waals surface area contributed by atoms with E-state index >= 15 is 0 Å². The maximum absolute atomic E-state index is 12.6. The van der Waals surface area contributed by atoms with Crippen LogP contribution < -0.4 is 4.74 Å². The smallest absolute Gasteiger partial charge is 0.225 e. The number of aliphatic hydroxyl groups is 1. The maximum Gasteiger partial charge on any atom is 0.225 e. The number of carbonyl (C=O) groups excluding carboxylic acids is 1. The molecule has 3 rings (SSSR count). The van der Waals surface area contributed by atoms with E-state index in [9.17, 15) is 9.90 Å². The highest BCUT2D eigenvalue weighted by Gasteiger charge is 2.35. The van der Waals surface area contributed by atoms with Crippen LogP contribution in [0.3, 0.4) is 0 Å². The second-order valence-corrected chi connectivity index (χ2v) is 7.47. The van der Waals surface area contributed by atoms with Crippen molar-refractivity contribution in [3.05, 3.63) is 29.8 Å². The second kappa shape index (κ2) is 8.19. The van der Waals surface area contributed by atoms with E-state index in [1.807, 2.05) is 17.0 Å². The zero-order valence-corrected chi connectivity index (χ0v) is 15.2. The van der Waals surface area contributed by atoms with E-state index in [2.05, 4.69) is 17.0 Å². The molecule has 1 heterocycles. The molecule has 0 radical (unpaired) electrons. The number of methoxy groups -OCH3 is 1. The van der Waals surface area contributed by atoms with Gasteiger partial charge < -0.3 is 14.7 Å². The molecule has 5 heteroatoms. The number of nitrogens with zero attached hydrogens (tertiary/aromatic N) is 2. The van der Waals surface area contributed by atoms with Crippen molar-refractivity contribution in [1.82, 2.24) is 9.80 Å². The molecule has 1 N–H and O–H groups in total. The van der Waals surface area contributed by atoms with Gasteiger partial charge in [-0.3, -0.25) is 9.69 Å². The molecule has 138 valence electrons. The zero-order valence-electron chi connectivity index (χ0n) is 15.2. The van der Waals surface area contributed by atoms with Gasteiger partial charge in [0, 0.05) is 32.7 Å². The molecule has 1 saturated heterocycles. The number of ether oxygens (including phenoxy) is 1. The van der Waals surface area contributed by atoms with E-state index in [-0.39, 0.29) is 5.91 Å². The topological polar surface area (TPSA) is 53.0 Å². The first kappa shape index (κ1) is 18.2. The SMILES string of the molecule is COc1ccc(CN2CCCN(C(=O)CC3(O)CCCC3)CC2)cc1. The van der Waals surface area contributed by atoms with Crippen molar-refractivity contribution < 1.29 is 14.6 Å². The fourth-order valence-corrected chi connectivity index (χ4v) is 3.97. The van der Waals surface area contributed by atoms with Gasteiger partial charge in [-0.05, 0) is 37.0 Å². The lowest BCUT2D eigenvalue weighted by Gasteiger charge is -2.27. The van der Waals surface area contributed by atoms with E-state index in [0.29, 0.717) is 6.42 Å². The third-order valence-electron chi connectivity index (χ3n) is 5.52. The Balaban J connectivity index is 1.50. The number of hydrogen-bond donors (Lipinski definition) is 1. The molecule has 1 saturated carbocycles. The molecule has 25 heavy (non-hydrogen) atoms. The van der Waals surface area contributed by atoms with Crippen molar-refractivity contribution in [2.75, 3.05) is 33.3 Å². The van der Waals surface area contributed by atoms with Crippen LogP contribution in [-0.4, -0.2) is 59.7 Å². The van der Waals surface area contributed by atoms with Crippen molar-refractivity contribution >= 4 is 5.91 Å². The Hall–Kier alpha value is -1.59. The van der Waals surface area contributed by atoms with E-state index in [4.69, 9.17) is 4.74 Å². The lowest BCUT2D eigenvalue weighted by molar-refractivity contribution is -0.136. The molecule has 0 bridgehead atoms. The van der Waals surface area contributed by atoms with Crippen LogP contribution in [0.2, 0.25) is 0 Å². The molecule has 0 aromatic heterocycles. The molecule has 0 unspecified atom stereocenters. The highest BCUT2D eigenvalue weighted by Crippen LogP contribution is 2.32. The summed E-state index contributed by atoms with van der Waals surface area (Å²) in [5.41, 5.74) is 0.521. The van der Waals surface area contributed by atoms with E-state index in [1.54, 1.807) is 7.11 Å². The Morgan fingerprint density at radius 1 is 1.08 bits per heavy atom. The zero-order chi connectivity index (χ0) is 17.7. The summed E-state index contributed by atoms with van der Waals surface area (Å²) in [7, 11) is 1.68. The van der Waals surface area contributed by atoms with E-state index in [0.717, 1.165) is 70.6 Å². The predicted molar refractivity (Wildman–Crippen MR) is 97.5 cm³/mol. The second-order valence-electron chi connectivity index (χ2n) is 7.47. The van der Waals surface area contributed by atoms with Gasteiger partial charge in [0.25, 0.3) is 0 Å². The van der Waals surface area contributed by atoms with Gasteiger partial charge >= 0.3 is 0 Å². The Labute approximate surface area is 150 Å². The molecule has 0 spiro atoms. The van der Waals surface area contributed by atoms with Crippen LogP contribution in [0, 0.1) is 0 Å². The Morgan fingerprint density at radius 3 is 2.48 bits per heavy atom. The summed E-state index contributed by atoms with van der Waals surface area (Å²) in [6.45, 7) is 4.34. The fraction of sp³-hybridized carbons (Fsp3) is 0.650. The largest absolute Gasteiger partial charge is 0.497 e. The Bertz CT molecular complexity index is 567. The standard InChI is InChI=1S/C20H30N2O3/c1-25-18-7-5-17(6-8-18)16-21-11-4-12-22(14-13-21)19(23)15-20(24)9-2-3-10-20/h5-8,24H,2-4,9-16H2,1H3. The van der Waals surface area contributed by atoms with E-state index < -0.39 is 5.60 Å². The summed E-state index contributed by atoms with van der Waals surface area (Å²) < 4.78 is 5.20. The average molecular weight is 346 g/mol. The van der Waals surface area contributed by atoms with Crippen LogP contribution in [-0.2, 0) is 11.3 Å². The highest BCUT2D eigenvalue weighted by molar-refractivity contribution is 5.77. The van der Waals surface area contributed by atoms with Crippen molar-refractivity contribution in [2.45, 2.75) is 50.7 Å². The number of carbonyl (C=O) groups is 1. The number of hydrogen-bond acceptors (Lipinski definition) is 4. The van der Waals surface area contributed by atoms with Crippen LogP contribution in [0.5, 0.6) is 5.75 Å². The third kappa shape index (κ3) is 4.95. The number of amides is 1. The predicted octanol–water partition coefficient (Wildman–Crippen LogP) is 2.42. The lowest BCUT2D eigenvalue weighted by atomic mass is 9.97. The summed E-state index contributed by atoms with van der Waals surface area (Å²) in [5, 5.41) is 10.5. The first-order chi connectivity index (χ1) is 12.1. The number of benzene rings is 1. The molecule has 1 aromatic carbocycles. The quantitative estimate of drug-likeness (QED) is 0.890. The molecule has 1 aliphatic heterocycles. The lowest BCUT2D eigenvalue weighted by Crippen LogP contribution is -2.40. The molecule has 2 fully saturated rings. The van der Waals surface area contributed by atoms with Gasteiger partial charge in [0.05, 0.1) is 19.1 Å². The molecule has 5 nitrogen and oxygen atoms in total. The summed E-state index contributed by atoms with van der Waals surface area (Å²) >= 11 is 0. The monoisotopic (exact) mass is 346 g/mol. The van der Waals surface area contributed by atoms with Gasteiger partial charge in [0.1, 0.15) is 5.75 Å². The minimum absolute atomic E-state index is 0.121. The van der Waals surface area contributed by atoms with Gasteiger partial charge in [-0.1, -0.05) is 25.0 Å². The van der Waals surface area contributed by atoms with Crippen molar-refractivity contribution in [3.63, 3.8) is 0 Å². The van der Waals surface area contributed by atoms with Gasteiger partial charge in [-0.25, -0.2) is 0 Å². The molecular formula is C20H30N2O3. The Kier molecular flexibility index (Phi) is 5.97. The first-order valence-corrected chi connectivity index (χ1v) is 9.43. The van der Waals surface area contributed by atoms with Gasteiger partial charge in [-0.15, -0.1) is 0 Å². The Morgan fingerprint density at radius 2 is 1.80 bits per heavy atom. The van der Waals surface area contributed by atoms with Crippen LogP contribution in [0.25, 0.3) is 0 Å². The van der Waals surface area contributed by atoms with Crippen molar-refractivity contribution in [3.8, 4) is 5.75 Å². The van der Waals surface area contributed by atoms with Crippen LogP contribution in [0.1, 0.15) is 44.1 Å². The molecule has 2 aliphatic rings. The van der Waals surface area contributed by atoms with Crippen molar-refractivity contribution in [1.29, 1.82) is 0 Å². The highest BCUT2D eigenvalue weighted by atomic mass is 16.5. The molecule has 1 amide bonds. The third-order valence-corrected chi connectivity index (χ3v) is 5.52. The first-order valence-electron chi connectivity index (χ1n) is 9.43. The molecule has 1 aliphatic carbocycles. The summed E-state index contributed by atoms with van der Waals surface area (Å²) in [6, 6.07) is 8.18. The van der Waals surface area contributed by atoms with Gasteiger partial charge in [0.2, 0.25) is 5.91 Å². The fourth-order valence-electron chi connectivity index (χ4n) is 3.97. The summed E-state index contributed by atoms with van der Waals surface area (Å²) in [5.74, 6) is 0.997. The average Bonchev–Trinajstić information content (AvgIpc) is 2.90. The molecule has 1 aromatic rings. The molecule has 0 atom stereocenters. The van der Waals surface area contributed by atoms with Crippen molar-refractivity contribution in [2.24, 2.45) is 0 Å². The summed E-state index contributed by atoms with van der Waals surface area (Å²) in [4.78, 5) is 16.9. The van der Waals surface area contributed by atoms with Gasteiger partial charge in [0.15, 0.2) is 0 Å². The minimum atomic E-state index is -0.744. The van der Waals surface area contributed by atoms with Gasteiger partial charge in [-0.2, -0.15) is 0 Å². The molecular weight excluding hydrogens is 316 g/mol. The normalized spacial score (nSPS) is 21.1.